The van der Waals surface area contributed by atoms with E-state index in [1.807, 2.05) is 25.1 Å². The predicted octanol–water partition coefficient (Wildman–Crippen LogP) is 0.448. The van der Waals surface area contributed by atoms with Gasteiger partial charge < -0.3 is 10.2 Å². The summed E-state index contributed by atoms with van der Waals surface area (Å²) in [5.74, 6) is -0.347. The quantitative estimate of drug-likeness (QED) is 0.793. The summed E-state index contributed by atoms with van der Waals surface area (Å²) in [7, 11) is 0.301. The maximum absolute atomic E-state index is 11.9. The Labute approximate surface area is 120 Å². The van der Waals surface area contributed by atoms with Crippen molar-refractivity contribution in [1.29, 1.82) is 0 Å². The van der Waals surface area contributed by atoms with E-state index < -0.39 is 10.0 Å². The van der Waals surface area contributed by atoms with Crippen LogP contribution in [0.4, 0.5) is 5.69 Å². The minimum Gasteiger partial charge on any atom is -0.325 e. The van der Waals surface area contributed by atoms with Crippen LogP contribution in [0.2, 0.25) is 0 Å². The SMILES string of the molecule is CN(C)CCN(CC(=O)Nc1ccccc1)S(C)(=O)=O. The molecule has 0 fully saturated rings. The highest BCUT2D eigenvalue weighted by Crippen LogP contribution is 2.06. The molecule has 0 aliphatic rings. The number of sulfonamides is 1. The zero-order chi connectivity index (χ0) is 15.2. The topological polar surface area (TPSA) is 69.7 Å². The second-order valence-electron chi connectivity index (χ2n) is 4.81. The van der Waals surface area contributed by atoms with E-state index in [2.05, 4.69) is 5.32 Å². The van der Waals surface area contributed by atoms with Gasteiger partial charge in [0.15, 0.2) is 0 Å². The molecule has 112 valence electrons. The molecule has 0 heterocycles. The molecule has 0 saturated heterocycles. The molecule has 0 atom stereocenters. The predicted molar refractivity (Wildman–Crippen MR) is 80.0 cm³/mol. The van der Waals surface area contributed by atoms with Crippen LogP contribution in [0, 0.1) is 0 Å². The number of anilines is 1. The smallest absolute Gasteiger partial charge is 0.239 e. The third-order valence-electron chi connectivity index (χ3n) is 2.64. The normalized spacial score (nSPS) is 11.8. The average molecular weight is 299 g/mol. The van der Waals surface area contributed by atoms with Crippen molar-refractivity contribution in [2.45, 2.75) is 0 Å². The summed E-state index contributed by atoms with van der Waals surface area (Å²) >= 11 is 0. The number of amides is 1. The maximum atomic E-state index is 11.9. The van der Waals surface area contributed by atoms with Crippen molar-refractivity contribution in [3.8, 4) is 0 Å². The molecule has 7 heteroatoms. The first-order valence-electron chi connectivity index (χ1n) is 6.24. The summed E-state index contributed by atoms with van der Waals surface area (Å²) in [6.45, 7) is 0.668. The Hall–Kier alpha value is -1.44. The van der Waals surface area contributed by atoms with E-state index in [9.17, 15) is 13.2 Å². The summed E-state index contributed by atoms with van der Waals surface area (Å²) in [5, 5.41) is 2.67. The van der Waals surface area contributed by atoms with Crippen molar-refractivity contribution in [3.05, 3.63) is 30.3 Å². The van der Waals surface area contributed by atoms with Crippen LogP contribution in [0.15, 0.2) is 30.3 Å². The van der Waals surface area contributed by atoms with Gasteiger partial charge in [0.1, 0.15) is 0 Å². The van der Waals surface area contributed by atoms with Crippen LogP contribution in [-0.2, 0) is 14.8 Å². The molecular weight excluding hydrogens is 278 g/mol. The second kappa shape index (κ2) is 7.37. The van der Waals surface area contributed by atoms with Crippen molar-refractivity contribution in [2.75, 3.05) is 45.3 Å². The Morgan fingerprint density at radius 1 is 1.15 bits per heavy atom. The highest BCUT2D eigenvalue weighted by atomic mass is 32.2. The van der Waals surface area contributed by atoms with E-state index in [-0.39, 0.29) is 19.0 Å². The number of rotatable bonds is 7. The Bertz CT molecular complexity index is 529. The molecule has 0 unspecified atom stereocenters. The number of likely N-dealkylation sites (N-methyl/N-ethyl adjacent to an activating group) is 1. The van der Waals surface area contributed by atoms with Crippen molar-refractivity contribution in [3.63, 3.8) is 0 Å². The number of benzene rings is 1. The maximum Gasteiger partial charge on any atom is 0.239 e. The summed E-state index contributed by atoms with van der Waals surface area (Å²) in [6, 6.07) is 8.95. The van der Waals surface area contributed by atoms with E-state index in [1.54, 1.807) is 24.3 Å². The molecule has 0 aliphatic heterocycles. The van der Waals surface area contributed by atoms with Gasteiger partial charge >= 0.3 is 0 Å². The fourth-order valence-corrected chi connectivity index (χ4v) is 2.32. The Balaban J connectivity index is 2.63. The highest BCUT2D eigenvalue weighted by Gasteiger charge is 2.20. The van der Waals surface area contributed by atoms with Crippen molar-refractivity contribution < 1.29 is 13.2 Å². The first-order chi connectivity index (χ1) is 9.29. The third kappa shape index (κ3) is 6.14. The van der Waals surface area contributed by atoms with E-state index in [1.165, 1.54) is 4.31 Å². The van der Waals surface area contributed by atoms with Crippen molar-refractivity contribution in [1.82, 2.24) is 9.21 Å². The summed E-state index contributed by atoms with van der Waals surface area (Å²) in [6.07, 6.45) is 1.11. The number of carbonyl (C=O) groups is 1. The summed E-state index contributed by atoms with van der Waals surface area (Å²) < 4.78 is 24.5. The van der Waals surface area contributed by atoms with Gasteiger partial charge in [0.2, 0.25) is 15.9 Å². The van der Waals surface area contributed by atoms with Gasteiger partial charge in [-0.3, -0.25) is 4.79 Å². The lowest BCUT2D eigenvalue weighted by molar-refractivity contribution is -0.116. The summed E-state index contributed by atoms with van der Waals surface area (Å²) in [5.41, 5.74) is 0.651. The van der Waals surface area contributed by atoms with E-state index in [0.717, 1.165) is 6.26 Å². The van der Waals surface area contributed by atoms with Crippen molar-refractivity contribution in [2.24, 2.45) is 0 Å². The molecule has 0 bridgehead atoms. The van der Waals surface area contributed by atoms with Crippen LogP contribution in [0.3, 0.4) is 0 Å². The molecule has 0 aromatic heterocycles. The zero-order valence-corrected chi connectivity index (χ0v) is 12.9. The van der Waals surface area contributed by atoms with Crippen LogP contribution in [0.25, 0.3) is 0 Å². The first-order valence-corrected chi connectivity index (χ1v) is 8.08. The van der Waals surface area contributed by atoms with E-state index in [4.69, 9.17) is 0 Å². The number of para-hydroxylation sites is 1. The Morgan fingerprint density at radius 3 is 2.25 bits per heavy atom. The van der Waals surface area contributed by atoms with Gasteiger partial charge in [-0.2, -0.15) is 4.31 Å². The molecule has 0 radical (unpaired) electrons. The van der Waals surface area contributed by atoms with Gasteiger partial charge in [-0.1, -0.05) is 18.2 Å². The second-order valence-corrected chi connectivity index (χ2v) is 6.80. The molecule has 20 heavy (non-hydrogen) atoms. The standard InChI is InChI=1S/C13H21N3O3S/c1-15(2)9-10-16(20(3,18)19)11-13(17)14-12-7-5-4-6-8-12/h4-8H,9-11H2,1-3H3,(H,14,17). The molecule has 0 aliphatic carbocycles. The van der Waals surface area contributed by atoms with Gasteiger partial charge in [-0.05, 0) is 26.2 Å². The average Bonchev–Trinajstić information content (AvgIpc) is 2.34. The van der Waals surface area contributed by atoms with Crippen LogP contribution >= 0.6 is 0 Å². The van der Waals surface area contributed by atoms with Gasteiger partial charge in [0.25, 0.3) is 0 Å². The van der Waals surface area contributed by atoms with Gasteiger partial charge in [-0.15, -0.1) is 0 Å². The monoisotopic (exact) mass is 299 g/mol. The van der Waals surface area contributed by atoms with Crippen LogP contribution < -0.4 is 5.32 Å². The van der Waals surface area contributed by atoms with Crippen molar-refractivity contribution >= 4 is 21.6 Å². The number of nitrogens with one attached hydrogen (secondary N) is 1. The molecule has 1 N–H and O–H groups in total. The Kier molecular flexibility index (Phi) is 6.12. The minimum atomic E-state index is -3.40. The largest absolute Gasteiger partial charge is 0.325 e. The number of hydrogen-bond acceptors (Lipinski definition) is 4. The first kappa shape index (κ1) is 16.6. The van der Waals surface area contributed by atoms with Crippen LogP contribution in [0.1, 0.15) is 0 Å². The Morgan fingerprint density at radius 2 is 1.75 bits per heavy atom. The number of carbonyl (C=O) groups excluding carboxylic acids is 1. The molecular formula is C13H21N3O3S. The molecule has 0 saturated carbocycles. The number of nitrogens with zero attached hydrogens (tertiary/aromatic N) is 2. The minimum absolute atomic E-state index is 0.179. The van der Waals surface area contributed by atoms with E-state index in [0.29, 0.717) is 12.2 Å². The lowest BCUT2D eigenvalue weighted by Gasteiger charge is -2.21. The van der Waals surface area contributed by atoms with Gasteiger partial charge in [-0.25, -0.2) is 8.42 Å². The molecule has 1 aromatic carbocycles. The third-order valence-corrected chi connectivity index (χ3v) is 3.89. The molecule has 0 spiro atoms. The lowest BCUT2D eigenvalue weighted by atomic mass is 10.3. The van der Waals surface area contributed by atoms with Crippen LogP contribution in [-0.4, -0.2) is 63.5 Å². The molecule has 6 nitrogen and oxygen atoms in total. The van der Waals surface area contributed by atoms with E-state index >= 15 is 0 Å². The fourth-order valence-electron chi connectivity index (χ4n) is 1.56. The number of hydrogen-bond donors (Lipinski definition) is 1. The zero-order valence-electron chi connectivity index (χ0n) is 12.0. The highest BCUT2D eigenvalue weighted by molar-refractivity contribution is 7.88. The van der Waals surface area contributed by atoms with Gasteiger partial charge in [0.05, 0.1) is 12.8 Å². The summed E-state index contributed by atoms with van der Waals surface area (Å²) in [4.78, 5) is 13.8. The lowest BCUT2D eigenvalue weighted by Crippen LogP contribution is -2.41. The molecule has 1 aromatic rings. The van der Waals surface area contributed by atoms with Crippen LogP contribution in [0.5, 0.6) is 0 Å². The molecule has 1 rings (SSSR count). The fraction of sp³-hybridized carbons (Fsp3) is 0.462. The molecule has 1 amide bonds. The van der Waals surface area contributed by atoms with Gasteiger partial charge in [0, 0.05) is 18.8 Å².